The van der Waals surface area contributed by atoms with Crippen molar-refractivity contribution in [2.24, 2.45) is 5.92 Å². The third kappa shape index (κ3) is 3.19. The monoisotopic (exact) mass is 294 g/mol. The number of pyridine rings is 1. The fourth-order valence-electron chi connectivity index (χ4n) is 2.81. The fourth-order valence-corrected chi connectivity index (χ4v) is 2.81. The Morgan fingerprint density at radius 1 is 1.09 bits per heavy atom. The van der Waals surface area contributed by atoms with E-state index in [1.807, 2.05) is 23.1 Å². The first kappa shape index (κ1) is 14.8. The highest BCUT2D eigenvalue weighted by molar-refractivity contribution is 5.93. The summed E-state index contributed by atoms with van der Waals surface area (Å²) in [6.07, 6.45) is 2.17. The summed E-state index contributed by atoms with van der Waals surface area (Å²) in [7, 11) is 0. The highest BCUT2D eigenvalue weighted by Crippen LogP contribution is 2.20. The second-order valence-electron chi connectivity index (χ2n) is 6.25. The molecule has 1 fully saturated rings. The Balaban J connectivity index is 1.81. The van der Waals surface area contributed by atoms with Gasteiger partial charge in [-0.05, 0) is 37.8 Å². The lowest BCUT2D eigenvalue weighted by Gasteiger charge is -2.30. The van der Waals surface area contributed by atoms with E-state index in [4.69, 9.17) is 0 Å². The number of hydrogen-bond acceptors (Lipinski definition) is 2. The smallest absolute Gasteiger partial charge is 0.272 e. The van der Waals surface area contributed by atoms with Gasteiger partial charge >= 0.3 is 0 Å². The van der Waals surface area contributed by atoms with Crippen LogP contribution in [0, 0.1) is 12.8 Å². The van der Waals surface area contributed by atoms with E-state index in [-0.39, 0.29) is 5.91 Å². The average molecular weight is 294 g/mol. The summed E-state index contributed by atoms with van der Waals surface area (Å²) in [5, 5.41) is 0. The molecule has 0 bridgehead atoms. The third-order valence-corrected chi connectivity index (χ3v) is 4.39. The SMILES string of the molecule is Cc1ccc(-c2cccc(C(=O)N3CCC(C)CC3)n2)cc1. The van der Waals surface area contributed by atoms with Gasteiger partial charge in [-0.25, -0.2) is 4.98 Å². The zero-order chi connectivity index (χ0) is 15.5. The van der Waals surface area contributed by atoms with Crippen LogP contribution in [0.25, 0.3) is 11.3 Å². The molecule has 0 radical (unpaired) electrons. The molecule has 0 saturated carbocycles. The van der Waals surface area contributed by atoms with Crippen molar-refractivity contribution in [1.82, 2.24) is 9.88 Å². The van der Waals surface area contributed by atoms with Crippen molar-refractivity contribution in [2.45, 2.75) is 26.7 Å². The number of hydrogen-bond donors (Lipinski definition) is 0. The van der Waals surface area contributed by atoms with Crippen molar-refractivity contribution >= 4 is 5.91 Å². The van der Waals surface area contributed by atoms with Crippen LogP contribution in [-0.2, 0) is 0 Å². The van der Waals surface area contributed by atoms with Crippen LogP contribution < -0.4 is 0 Å². The predicted molar refractivity (Wildman–Crippen MR) is 88.7 cm³/mol. The Morgan fingerprint density at radius 3 is 2.45 bits per heavy atom. The van der Waals surface area contributed by atoms with Gasteiger partial charge in [-0.3, -0.25) is 4.79 Å². The molecule has 3 nitrogen and oxygen atoms in total. The maximum atomic E-state index is 12.6. The molecule has 2 aromatic rings. The average Bonchev–Trinajstić information content (AvgIpc) is 2.56. The lowest BCUT2D eigenvalue weighted by molar-refractivity contribution is 0.0691. The molecule has 1 aromatic carbocycles. The lowest BCUT2D eigenvalue weighted by Crippen LogP contribution is -2.38. The van der Waals surface area contributed by atoms with Gasteiger partial charge in [0.05, 0.1) is 5.69 Å². The van der Waals surface area contributed by atoms with E-state index in [9.17, 15) is 4.79 Å². The van der Waals surface area contributed by atoms with Gasteiger partial charge in [-0.2, -0.15) is 0 Å². The maximum Gasteiger partial charge on any atom is 0.272 e. The van der Waals surface area contributed by atoms with E-state index in [0.717, 1.165) is 43.1 Å². The Labute approximate surface area is 132 Å². The van der Waals surface area contributed by atoms with Crippen LogP contribution in [-0.4, -0.2) is 28.9 Å². The van der Waals surface area contributed by atoms with Crippen LogP contribution in [0.2, 0.25) is 0 Å². The molecule has 1 aliphatic heterocycles. The van der Waals surface area contributed by atoms with Crippen LogP contribution in [0.4, 0.5) is 0 Å². The van der Waals surface area contributed by atoms with Gasteiger partial charge in [0.15, 0.2) is 0 Å². The first-order valence-electron chi connectivity index (χ1n) is 7.97. The first-order valence-corrected chi connectivity index (χ1v) is 7.97. The van der Waals surface area contributed by atoms with Crippen molar-refractivity contribution in [3.05, 3.63) is 53.7 Å². The normalized spacial score (nSPS) is 15.8. The summed E-state index contributed by atoms with van der Waals surface area (Å²) in [5.74, 6) is 0.775. The topological polar surface area (TPSA) is 33.2 Å². The number of carbonyl (C=O) groups is 1. The molecule has 1 saturated heterocycles. The molecule has 0 spiro atoms. The zero-order valence-corrected chi connectivity index (χ0v) is 13.2. The molecule has 0 N–H and O–H groups in total. The lowest BCUT2D eigenvalue weighted by atomic mass is 9.99. The summed E-state index contributed by atoms with van der Waals surface area (Å²) >= 11 is 0. The van der Waals surface area contributed by atoms with Crippen LogP contribution in [0.1, 0.15) is 35.8 Å². The second-order valence-corrected chi connectivity index (χ2v) is 6.25. The van der Waals surface area contributed by atoms with Crippen LogP contribution >= 0.6 is 0 Å². The largest absolute Gasteiger partial charge is 0.337 e. The van der Waals surface area contributed by atoms with E-state index in [2.05, 4.69) is 43.1 Å². The van der Waals surface area contributed by atoms with Crippen molar-refractivity contribution in [1.29, 1.82) is 0 Å². The molecule has 1 aliphatic rings. The van der Waals surface area contributed by atoms with E-state index < -0.39 is 0 Å². The molecule has 1 aromatic heterocycles. The maximum absolute atomic E-state index is 12.6. The Kier molecular flexibility index (Phi) is 4.23. The molecule has 114 valence electrons. The van der Waals surface area contributed by atoms with Gasteiger partial charge in [0.1, 0.15) is 5.69 Å². The number of nitrogens with zero attached hydrogens (tertiary/aromatic N) is 2. The first-order chi connectivity index (χ1) is 10.6. The van der Waals surface area contributed by atoms with Gasteiger partial charge in [0, 0.05) is 18.7 Å². The van der Waals surface area contributed by atoms with Crippen LogP contribution in [0.3, 0.4) is 0 Å². The molecule has 1 amide bonds. The molecule has 3 rings (SSSR count). The van der Waals surface area contributed by atoms with Crippen LogP contribution in [0.5, 0.6) is 0 Å². The van der Waals surface area contributed by atoms with E-state index in [1.54, 1.807) is 0 Å². The molecule has 0 unspecified atom stereocenters. The number of carbonyl (C=O) groups excluding carboxylic acids is 1. The van der Waals surface area contributed by atoms with Gasteiger partial charge in [0.25, 0.3) is 5.91 Å². The molecule has 22 heavy (non-hydrogen) atoms. The summed E-state index contributed by atoms with van der Waals surface area (Å²) in [5.41, 5.74) is 3.68. The van der Waals surface area contributed by atoms with E-state index in [1.165, 1.54) is 5.56 Å². The minimum Gasteiger partial charge on any atom is -0.337 e. The van der Waals surface area contributed by atoms with Gasteiger partial charge < -0.3 is 4.90 Å². The standard InChI is InChI=1S/C19H22N2O/c1-14-6-8-16(9-7-14)17-4-3-5-18(20-17)19(22)21-12-10-15(2)11-13-21/h3-9,15H,10-13H2,1-2H3. The van der Waals surface area contributed by atoms with Crippen molar-refractivity contribution in [3.63, 3.8) is 0 Å². The van der Waals surface area contributed by atoms with E-state index >= 15 is 0 Å². The summed E-state index contributed by atoms with van der Waals surface area (Å²) < 4.78 is 0. The number of piperidine rings is 1. The fraction of sp³-hybridized carbons (Fsp3) is 0.368. The van der Waals surface area contributed by atoms with Crippen LogP contribution in [0.15, 0.2) is 42.5 Å². The minimum absolute atomic E-state index is 0.0564. The van der Waals surface area contributed by atoms with Gasteiger partial charge in [-0.15, -0.1) is 0 Å². The highest BCUT2D eigenvalue weighted by Gasteiger charge is 2.22. The molecule has 0 atom stereocenters. The zero-order valence-electron chi connectivity index (χ0n) is 13.2. The molecular formula is C19H22N2O. The van der Waals surface area contributed by atoms with E-state index in [0.29, 0.717) is 5.69 Å². The van der Waals surface area contributed by atoms with Gasteiger partial charge in [0.2, 0.25) is 0 Å². The number of aryl methyl sites for hydroxylation is 1. The Hall–Kier alpha value is -2.16. The summed E-state index contributed by atoms with van der Waals surface area (Å²) in [4.78, 5) is 19.1. The third-order valence-electron chi connectivity index (χ3n) is 4.39. The Bertz CT molecular complexity index is 655. The number of benzene rings is 1. The molecule has 3 heteroatoms. The second kappa shape index (κ2) is 6.30. The number of rotatable bonds is 2. The number of aromatic nitrogens is 1. The summed E-state index contributed by atoms with van der Waals surface area (Å²) in [6.45, 7) is 6.00. The van der Waals surface area contributed by atoms with Crippen molar-refractivity contribution < 1.29 is 4.79 Å². The predicted octanol–water partition coefficient (Wildman–Crippen LogP) is 3.93. The minimum atomic E-state index is 0.0564. The van der Waals surface area contributed by atoms with Gasteiger partial charge in [-0.1, -0.05) is 42.8 Å². The number of amides is 1. The Morgan fingerprint density at radius 2 is 1.77 bits per heavy atom. The quantitative estimate of drug-likeness (QED) is 0.841. The van der Waals surface area contributed by atoms with Crippen molar-refractivity contribution in [2.75, 3.05) is 13.1 Å². The highest BCUT2D eigenvalue weighted by atomic mass is 16.2. The summed E-state index contributed by atoms with van der Waals surface area (Å²) in [6, 6.07) is 13.9. The molecular weight excluding hydrogens is 272 g/mol. The van der Waals surface area contributed by atoms with Crippen molar-refractivity contribution in [3.8, 4) is 11.3 Å². The molecule has 2 heterocycles. The molecule has 0 aliphatic carbocycles. The number of likely N-dealkylation sites (tertiary alicyclic amines) is 1.